The van der Waals surface area contributed by atoms with E-state index in [4.69, 9.17) is 9.15 Å². The zero-order valence-corrected chi connectivity index (χ0v) is 14.4. The maximum atomic E-state index is 12.9. The van der Waals surface area contributed by atoms with Gasteiger partial charge in [-0.3, -0.25) is 4.79 Å². The molecule has 3 heterocycles. The Labute approximate surface area is 147 Å². The molecular weight excluding hydrogens is 318 g/mol. The average molecular weight is 341 g/mol. The van der Waals surface area contributed by atoms with E-state index in [1.165, 1.54) is 0 Å². The van der Waals surface area contributed by atoms with Crippen LogP contribution in [0.5, 0.6) is 5.75 Å². The topological polar surface area (TPSA) is 62.9 Å². The molecular formula is C20H23NO4. The van der Waals surface area contributed by atoms with Crippen molar-refractivity contribution in [1.82, 2.24) is 4.90 Å². The van der Waals surface area contributed by atoms with Crippen molar-refractivity contribution in [3.63, 3.8) is 0 Å². The summed E-state index contributed by atoms with van der Waals surface area (Å²) >= 11 is 0. The van der Waals surface area contributed by atoms with Crippen molar-refractivity contribution >= 4 is 5.91 Å². The van der Waals surface area contributed by atoms with Crippen molar-refractivity contribution in [2.24, 2.45) is 0 Å². The van der Waals surface area contributed by atoms with Gasteiger partial charge in [0.2, 0.25) is 5.91 Å². The zero-order chi connectivity index (χ0) is 17.4. The number of fused-ring (bicyclic) bond motifs is 2. The van der Waals surface area contributed by atoms with E-state index < -0.39 is 5.60 Å². The lowest BCUT2D eigenvalue weighted by molar-refractivity contribution is -0.142. The molecule has 1 aromatic carbocycles. The second-order valence-electron chi connectivity index (χ2n) is 7.13. The van der Waals surface area contributed by atoms with Gasteiger partial charge in [0, 0.05) is 24.9 Å². The summed E-state index contributed by atoms with van der Waals surface area (Å²) in [6, 6.07) is 11.4. The van der Waals surface area contributed by atoms with Crippen LogP contribution in [-0.4, -0.2) is 35.1 Å². The number of furan rings is 1. The third-order valence-corrected chi connectivity index (χ3v) is 5.55. The highest BCUT2D eigenvalue weighted by Gasteiger charge is 2.51. The molecule has 1 N–H and O–H groups in total. The largest absolute Gasteiger partial charge is 0.497 e. The number of hydrogen-bond donors (Lipinski definition) is 1. The predicted molar refractivity (Wildman–Crippen MR) is 92.2 cm³/mol. The third-order valence-electron chi connectivity index (χ3n) is 5.55. The van der Waals surface area contributed by atoms with Crippen LogP contribution in [0.4, 0.5) is 0 Å². The van der Waals surface area contributed by atoms with Gasteiger partial charge in [-0.25, -0.2) is 0 Å². The molecule has 0 spiro atoms. The van der Waals surface area contributed by atoms with Crippen molar-refractivity contribution in [2.75, 3.05) is 7.11 Å². The Morgan fingerprint density at radius 2 is 1.92 bits per heavy atom. The van der Waals surface area contributed by atoms with Crippen LogP contribution in [0.3, 0.4) is 0 Å². The Hall–Kier alpha value is -2.27. The number of hydrogen-bond acceptors (Lipinski definition) is 4. The second kappa shape index (κ2) is 6.23. The highest BCUT2D eigenvalue weighted by atomic mass is 16.5. The molecule has 25 heavy (non-hydrogen) atoms. The molecule has 1 aromatic heterocycles. The summed E-state index contributed by atoms with van der Waals surface area (Å²) in [5, 5.41) is 11.0. The summed E-state index contributed by atoms with van der Waals surface area (Å²) in [4.78, 5) is 14.9. The number of methoxy groups -OCH3 is 1. The number of benzene rings is 1. The minimum atomic E-state index is -0.952. The van der Waals surface area contributed by atoms with E-state index in [-0.39, 0.29) is 18.0 Å². The number of amides is 1. The van der Waals surface area contributed by atoms with E-state index in [0.29, 0.717) is 25.0 Å². The average Bonchev–Trinajstić information content (AvgIpc) is 3.24. The molecule has 0 saturated carbocycles. The van der Waals surface area contributed by atoms with Gasteiger partial charge in [-0.2, -0.15) is 0 Å². The monoisotopic (exact) mass is 341 g/mol. The highest BCUT2D eigenvalue weighted by Crippen LogP contribution is 2.46. The molecule has 2 bridgehead atoms. The van der Waals surface area contributed by atoms with Gasteiger partial charge >= 0.3 is 0 Å². The van der Waals surface area contributed by atoms with Gasteiger partial charge in [-0.05, 0) is 42.7 Å². The van der Waals surface area contributed by atoms with Crippen molar-refractivity contribution in [3.8, 4) is 5.75 Å². The summed E-state index contributed by atoms with van der Waals surface area (Å²) in [5.74, 6) is 1.54. The quantitative estimate of drug-likeness (QED) is 0.929. The summed E-state index contributed by atoms with van der Waals surface area (Å²) < 4.78 is 10.6. The van der Waals surface area contributed by atoms with Crippen LogP contribution in [0.1, 0.15) is 37.0 Å². The molecule has 2 fully saturated rings. The lowest BCUT2D eigenvalue weighted by atomic mass is 9.84. The third kappa shape index (κ3) is 2.93. The molecule has 0 unspecified atom stereocenters. The van der Waals surface area contributed by atoms with Gasteiger partial charge in [0.1, 0.15) is 17.1 Å². The number of nitrogens with zero attached hydrogens (tertiary/aromatic N) is 1. The molecule has 1 amide bonds. The van der Waals surface area contributed by atoms with Gasteiger partial charge in [0.05, 0.1) is 19.8 Å². The normalized spacial score (nSPS) is 28.2. The zero-order valence-electron chi connectivity index (χ0n) is 14.4. The van der Waals surface area contributed by atoms with E-state index in [1.807, 2.05) is 35.2 Å². The predicted octanol–water partition coefficient (Wildman–Crippen LogP) is 2.87. The Morgan fingerprint density at radius 3 is 2.48 bits per heavy atom. The Bertz CT molecular complexity index is 724. The van der Waals surface area contributed by atoms with Gasteiger partial charge in [0.15, 0.2) is 0 Å². The first-order valence-electron chi connectivity index (χ1n) is 8.79. The lowest BCUT2D eigenvalue weighted by Gasteiger charge is -2.43. The number of carbonyl (C=O) groups is 1. The highest BCUT2D eigenvalue weighted by molar-refractivity contribution is 5.80. The van der Waals surface area contributed by atoms with Crippen LogP contribution < -0.4 is 4.74 Å². The van der Waals surface area contributed by atoms with Crippen LogP contribution in [-0.2, 0) is 16.8 Å². The van der Waals surface area contributed by atoms with Gasteiger partial charge in [-0.1, -0.05) is 12.1 Å². The molecule has 0 radical (unpaired) electrons. The first-order chi connectivity index (χ1) is 12.1. The number of piperidine rings is 1. The summed E-state index contributed by atoms with van der Waals surface area (Å²) in [7, 11) is 1.63. The van der Waals surface area contributed by atoms with Crippen LogP contribution in [0.25, 0.3) is 0 Å². The molecule has 132 valence electrons. The van der Waals surface area contributed by atoms with E-state index in [1.54, 1.807) is 19.4 Å². The Kier molecular flexibility index (Phi) is 4.04. The minimum absolute atomic E-state index is 0.0830. The molecule has 0 aliphatic carbocycles. The van der Waals surface area contributed by atoms with E-state index in [2.05, 4.69) is 0 Å². The summed E-state index contributed by atoms with van der Waals surface area (Å²) in [6.45, 7) is 0. The van der Waals surface area contributed by atoms with Crippen LogP contribution in [0, 0.1) is 0 Å². The minimum Gasteiger partial charge on any atom is -0.497 e. The molecule has 2 saturated heterocycles. The van der Waals surface area contributed by atoms with E-state index in [0.717, 1.165) is 24.2 Å². The van der Waals surface area contributed by atoms with Crippen molar-refractivity contribution in [2.45, 2.75) is 49.8 Å². The second-order valence-corrected chi connectivity index (χ2v) is 7.13. The maximum Gasteiger partial charge on any atom is 0.227 e. The first-order valence-corrected chi connectivity index (χ1v) is 8.79. The van der Waals surface area contributed by atoms with E-state index >= 15 is 0 Å². The van der Waals surface area contributed by atoms with Crippen molar-refractivity contribution < 1.29 is 19.1 Å². The molecule has 5 nitrogen and oxygen atoms in total. The summed E-state index contributed by atoms with van der Waals surface area (Å²) in [5.41, 5.74) is 0.0312. The molecule has 5 heteroatoms. The standard InChI is InChI=1S/C20H23NO4/c1-24-17-8-4-14(5-9-17)11-19(22)21-15-6-7-16(21)13-20(23,12-15)18-3-2-10-25-18/h2-5,8-10,15-16,23H,6-7,11-13H2,1H3/t15-,16-/m1/s1. The van der Waals surface area contributed by atoms with Crippen molar-refractivity contribution in [3.05, 3.63) is 54.0 Å². The van der Waals surface area contributed by atoms with Crippen LogP contribution in [0.15, 0.2) is 47.1 Å². The van der Waals surface area contributed by atoms with Gasteiger partial charge < -0.3 is 19.2 Å². The number of carbonyl (C=O) groups excluding carboxylic acids is 1. The van der Waals surface area contributed by atoms with Gasteiger partial charge in [0.25, 0.3) is 0 Å². The fourth-order valence-corrected chi connectivity index (χ4v) is 4.39. The first kappa shape index (κ1) is 16.2. The molecule has 2 aliphatic rings. The van der Waals surface area contributed by atoms with E-state index in [9.17, 15) is 9.90 Å². The number of ether oxygens (including phenoxy) is 1. The fraction of sp³-hybridized carbons (Fsp3) is 0.450. The molecule has 2 aliphatic heterocycles. The maximum absolute atomic E-state index is 12.9. The summed E-state index contributed by atoms with van der Waals surface area (Å²) in [6.07, 6.45) is 4.97. The number of rotatable bonds is 4. The lowest BCUT2D eigenvalue weighted by Crippen LogP contribution is -2.52. The SMILES string of the molecule is COc1ccc(CC(=O)N2[C@@H]3CC[C@@H]2CC(O)(c2ccco2)C3)cc1. The van der Waals surface area contributed by atoms with Crippen LogP contribution >= 0.6 is 0 Å². The fourth-order valence-electron chi connectivity index (χ4n) is 4.39. The number of aliphatic hydroxyl groups is 1. The smallest absolute Gasteiger partial charge is 0.227 e. The van der Waals surface area contributed by atoms with Crippen molar-refractivity contribution in [1.29, 1.82) is 0 Å². The molecule has 4 rings (SSSR count). The van der Waals surface area contributed by atoms with Crippen LogP contribution in [0.2, 0.25) is 0 Å². The van der Waals surface area contributed by atoms with Gasteiger partial charge in [-0.15, -0.1) is 0 Å². The molecule has 2 aromatic rings. The molecule has 2 atom stereocenters. The Morgan fingerprint density at radius 1 is 1.24 bits per heavy atom. The Balaban J connectivity index is 1.48.